The summed E-state index contributed by atoms with van der Waals surface area (Å²) in [6.45, 7) is 6.27. The van der Waals surface area contributed by atoms with E-state index < -0.39 is 0 Å². The van der Waals surface area contributed by atoms with Gasteiger partial charge in [0, 0.05) is 12.0 Å². The molecule has 1 aromatic heterocycles. The van der Waals surface area contributed by atoms with Gasteiger partial charge in [-0.1, -0.05) is 25.1 Å². The predicted molar refractivity (Wildman–Crippen MR) is 60.7 cm³/mol. The highest BCUT2D eigenvalue weighted by atomic mass is 15.2. The fourth-order valence-corrected chi connectivity index (χ4v) is 1.57. The number of nitrogens with one attached hydrogen (secondary N) is 1. The molecule has 0 saturated carbocycles. The van der Waals surface area contributed by atoms with Crippen LogP contribution in [0, 0.1) is 13.8 Å². The highest BCUT2D eigenvalue weighted by Crippen LogP contribution is 2.21. The topological polar surface area (TPSA) is 41.6 Å². The maximum atomic E-state index is 4.43. The molecule has 78 valence electrons. The molecule has 0 unspecified atom stereocenters. The van der Waals surface area contributed by atoms with E-state index in [9.17, 15) is 0 Å². The molecule has 1 aromatic carbocycles. The number of nitrogens with zero attached hydrogens (tertiary/aromatic N) is 2. The van der Waals surface area contributed by atoms with Crippen LogP contribution >= 0.6 is 0 Å². The zero-order valence-corrected chi connectivity index (χ0v) is 9.33. The smallest absolute Gasteiger partial charge is 0.181 e. The van der Waals surface area contributed by atoms with E-state index in [-0.39, 0.29) is 0 Å². The predicted octanol–water partition coefficient (Wildman–Crippen LogP) is 2.65. The molecule has 1 N–H and O–H groups in total. The van der Waals surface area contributed by atoms with Crippen LogP contribution < -0.4 is 0 Å². The summed E-state index contributed by atoms with van der Waals surface area (Å²) in [5.41, 5.74) is 3.64. The zero-order chi connectivity index (χ0) is 10.8. The van der Waals surface area contributed by atoms with Gasteiger partial charge in [-0.25, -0.2) is 4.98 Å². The van der Waals surface area contributed by atoms with Gasteiger partial charge in [0.2, 0.25) is 0 Å². The zero-order valence-electron chi connectivity index (χ0n) is 9.33. The van der Waals surface area contributed by atoms with Crippen molar-refractivity contribution in [2.24, 2.45) is 0 Å². The number of hydrogen-bond donors (Lipinski definition) is 1. The van der Waals surface area contributed by atoms with Gasteiger partial charge in [0.1, 0.15) is 5.82 Å². The van der Waals surface area contributed by atoms with Gasteiger partial charge in [0.05, 0.1) is 0 Å². The summed E-state index contributed by atoms with van der Waals surface area (Å²) in [6, 6.07) is 6.21. The molecule has 0 aliphatic rings. The minimum absolute atomic E-state index is 0.799. The van der Waals surface area contributed by atoms with Gasteiger partial charge in [-0.3, -0.25) is 5.10 Å². The van der Waals surface area contributed by atoms with Gasteiger partial charge in [-0.15, -0.1) is 0 Å². The normalized spacial score (nSPS) is 10.6. The van der Waals surface area contributed by atoms with Gasteiger partial charge in [0.15, 0.2) is 5.82 Å². The van der Waals surface area contributed by atoms with Gasteiger partial charge in [0.25, 0.3) is 0 Å². The first-order chi connectivity index (χ1) is 7.22. The molecule has 2 rings (SSSR count). The van der Waals surface area contributed by atoms with E-state index in [1.165, 1.54) is 11.1 Å². The third kappa shape index (κ3) is 1.77. The number of aromatic amines is 1. The lowest BCUT2D eigenvalue weighted by Gasteiger charge is -2.03. The largest absolute Gasteiger partial charge is 0.263 e. The van der Waals surface area contributed by atoms with Crippen LogP contribution in [0.1, 0.15) is 23.9 Å². The van der Waals surface area contributed by atoms with Gasteiger partial charge in [-0.05, 0) is 25.0 Å². The van der Waals surface area contributed by atoms with Crippen LogP contribution in [0.3, 0.4) is 0 Å². The van der Waals surface area contributed by atoms with Crippen molar-refractivity contribution in [1.82, 2.24) is 15.2 Å². The van der Waals surface area contributed by atoms with Crippen LogP contribution in [-0.4, -0.2) is 15.2 Å². The summed E-state index contributed by atoms with van der Waals surface area (Å²) in [4.78, 5) is 4.43. The number of aryl methyl sites for hydroxylation is 2. The molecule has 3 heteroatoms. The van der Waals surface area contributed by atoms with Crippen molar-refractivity contribution < 1.29 is 0 Å². The van der Waals surface area contributed by atoms with E-state index in [1.54, 1.807) is 0 Å². The fraction of sp³-hybridized carbons (Fsp3) is 0.333. The highest BCUT2D eigenvalue weighted by molar-refractivity contribution is 5.61. The van der Waals surface area contributed by atoms with Crippen molar-refractivity contribution in [2.45, 2.75) is 27.2 Å². The maximum absolute atomic E-state index is 4.43. The lowest BCUT2D eigenvalue weighted by atomic mass is 10.0. The Bertz CT molecular complexity index is 471. The van der Waals surface area contributed by atoms with Crippen molar-refractivity contribution in [3.05, 3.63) is 35.2 Å². The fourth-order valence-electron chi connectivity index (χ4n) is 1.57. The Kier molecular flexibility index (Phi) is 2.54. The van der Waals surface area contributed by atoms with Crippen molar-refractivity contribution in [1.29, 1.82) is 0 Å². The van der Waals surface area contributed by atoms with E-state index >= 15 is 0 Å². The summed E-state index contributed by atoms with van der Waals surface area (Å²) in [6.07, 6.45) is 0.887. The molecular weight excluding hydrogens is 186 g/mol. The third-order valence-electron chi connectivity index (χ3n) is 2.71. The van der Waals surface area contributed by atoms with Crippen molar-refractivity contribution in [2.75, 3.05) is 0 Å². The first-order valence-electron chi connectivity index (χ1n) is 5.20. The summed E-state index contributed by atoms with van der Waals surface area (Å²) in [5.74, 6) is 1.74. The van der Waals surface area contributed by atoms with Gasteiger partial charge in [-0.2, -0.15) is 5.10 Å². The maximum Gasteiger partial charge on any atom is 0.181 e. The lowest BCUT2D eigenvalue weighted by Crippen LogP contribution is -1.88. The Morgan fingerprint density at radius 1 is 1.27 bits per heavy atom. The van der Waals surface area contributed by atoms with Crippen molar-refractivity contribution in [3.8, 4) is 11.4 Å². The second-order valence-corrected chi connectivity index (χ2v) is 3.71. The van der Waals surface area contributed by atoms with E-state index in [0.29, 0.717) is 0 Å². The Morgan fingerprint density at radius 2 is 2.07 bits per heavy atom. The van der Waals surface area contributed by atoms with Gasteiger partial charge < -0.3 is 0 Å². The van der Waals surface area contributed by atoms with E-state index in [0.717, 1.165) is 23.6 Å². The molecule has 0 atom stereocenters. The summed E-state index contributed by atoms with van der Waals surface area (Å²) in [7, 11) is 0. The monoisotopic (exact) mass is 201 g/mol. The van der Waals surface area contributed by atoms with Crippen LogP contribution in [0.5, 0.6) is 0 Å². The Labute approximate surface area is 89.6 Å². The molecule has 0 aliphatic carbocycles. The third-order valence-corrected chi connectivity index (χ3v) is 2.71. The van der Waals surface area contributed by atoms with E-state index in [1.807, 2.05) is 6.07 Å². The van der Waals surface area contributed by atoms with Crippen LogP contribution in [0.15, 0.2) is 18.2 Å². The number of hydrogen-bond acceptors (Lipinski definition) is 2. The molecule has 2 aromatic rings. The van der Waals surface area contributed by atoms with Crippen LogP contribution in [-0.2, 0) is 6.42 Å². The van der Waals surface area contributed by atoms with Crippen molar-refractivity contribution in [3.63, 3.8) is 0 Å². The van der Waals surface area contributed by atoms with Crippen LogP contribution in [0.4, 0.5) is 0 Å². The molecular formula is C12H15N3. The molecule has 3 nitrogen and oxygen atoms in total. The number of aromatic nitrogens is 3. The highest BCUT2D eigenvalue weighted by Gasteiger charge is 2.08. The number of H-pyrrole nitrogens is 1. The molecule has 0 saturated heterocycles. The van der Waals surface area contributed by atoms with Crippen molar-refractivity contribution >= 4 is 0 Å². The molecule has 0 spiro atoms. The molecule has 0 radical (unpaired) electrons. The molecule has 0 aliphatic heterocycles. The molecule has 0 bridgehead atoms. The average molecular weight is 201 g/mol. The molecule has 0 fully saturated rings. The Morgan fingerprint density at radius 3 is 2.73 bits per heavy atom. The average Bonchev–Trinajstić information content (AvgIpc) is 2.70. The molecule has 0 amide bonds. The minimum atomic E-state index is 0.799. The second kappa shape index (κ2) is 3.85. The first kappa shape index (κ1) is 9.90. The van der Waals surface area contributed by atoms with Gasteiger partial charge >= 0.3 is 0 Å². The SMILES string of the molecule is CCc1nc(-c2cccc(C)c2C)n[nH]1. The van der Waals surface area contributed by atoms with Crippen LogP contribution in [0.25, 0.3) is 11.4 Å². The molecule has 15 heavy (non-hydrogen) atoms. The second-order valence-electron chi connectivity index (χ2n) is 3.71. The van der Waals surface area contributed by atoms with E-state index in [4.69, 9.17) is 0 Å². The number of benzene rings is 1. The van der Waals surface area contributed by atoms with E-state index in [2.05, 4.69) is 48.1 Å². The first-order valence-corrected chi connectivity index (χ1v) is 5.20. The summed E-state index contributed by atoms with van der Waals surface area (Å²) >= 11 is 0. The standard InChI is InChI=1S/C12H15N3/c1-4-11-13-12(15-14-11)10-7-5-6-8(2)9(10)3/h5-7H,4H2,1-3H3,(H,13,14,15). The number of rotatable bonds is 2. The van der Waals surface area contributed by atoms with Crippen LogP contribution in [0.2, 0.25) is 0 Å². The molecule has 1 heterocycles. The quantitative estimate of drug-likeness (QED) is 0.811. The Hall–Kier alpha value is -1.64. The summed E-state index contributed by atoms with van der Waals surface area (Å²) in [5, 5.41) is 7.16. The lowest BCUT2D eigenvalue weighted by molar-refractivity contribution is 0.946. The summed E-state index contributed by atoms with van der Waals surface area (Å²) < 4.78 is 0. The Balaban J connectivity index is 2.49. The minimum Gasteiger partial charge on any atom is -0.263 e.